The molecule has 0 unspecified atom stereocenters. The molecule has 7 heteroatoms. The lowest BCUT2D eigenvalue weighted by Gasteiger charge is -2.14. The highest BCUT2D eigenvalue weighted by atomic mass is 32.1. The summed E-state index contributed by atoms with van der Waals surface area (Å²) in [6, 6.07) is 6.34. The number of benzene rings is 1. The van der Waals surface area contributed by atoms with E-state index >= 15 is 0 Å². The van der Waals surface area contributed by atoms with Crippen LogP contribution in [0, 0.1) is 6.92 Å². The van der Waals surface area contributed by atoms with Gasteiger partial charge in [-0.15, -0.1) is 10.2 Å². The SMILES string of the molecule is COCCc1nnc2sc(COc3cc(C)ccc3C(C)C)nn12. The summed E-state index contributed by atoms with van der Waals surface area (Å²) in [5.41, 5.74) is 2.40. The summed E-state index contributed by atoms with van der Waals surface area (Å²) in [6.45, 7) is 7.44. The maximum Gasteiger partial charge on any atom is 0.234 e. The maximum atomic E-state index is 6.05. The van der Waals surface area contributed by atoms with Crippen molar-refractivity contribution in [3.8, 4) is 5.75 Å². The highest BCUT2D eigenvalue weighted by Crippen LogP contribution is 2.28. The topological polar surface area (TPSA) is 61.5 Å². The van der Waals surface area contributed by atoms with Crippen LogP contribution in [0.25, 0.3) is 4.96 Å². The van der Waals surface area contributed by atoms with Crippen LogP contribution in [0.3, 0.4) is 0 Å². The molecule has 3 rings (SSSR count). The molecule has 2 aromatic heterocycles. The molecular formula is C17H22N4O2S. The van der Waals surface area contributed by atoms with E-state index in [9.17, 15) is 0 Å². The van der Waals surface area contributed by atoms with Gasteiger partial charge in [0.2, 0.25) is 4.96 Å². The van der Waals surface area contributed by atoms with Crippen molar-refractivity contribution >= 4 is 16.3 Å². The molecule has 2 heterocycles. The Morgan fingerprint density at radius 2 is 2.08 bits per heavy atom. The number of nitrogens with zero attached hydrogens (tertiary/aromatic N) is 4. The highest BCUT2D eigenvalue weighted by Gasteiger charge is 2.13. The maximum absolute atomic E-state index is 6.05. The predicted molar refractivity (Wildman–Crippen MR) is 93.8 cm³/mol. The Balaban J connectivity index is 1.76. The van der Waals surface area contributed by atoms with Crippen molar-refractivity contribution in [3.63, 3.8) is 0 Å². The molecule has 0 aliphatic carbocycles. The smallest absolute Gasteiger partial charge is 0.234 e. The fourth-order valence-electron chi connectivity index (χ4n) is 2.49. The second-order valence-corrected chi connectivity index (χ2v) is 7.07. The van der Waals surface area contributed by atoms with Gasteiger partial charge in [0, 0.05) is 13.5 Å². The second-order valence-electron chi connectivity index (χ2n) is 6.03. The molecule has 0 bridgehead atoms. The third-order valence-electron chi connectivity index (χ3n) is 3.77. The van der Waals surface area contributed by atoms with Gasteiger partial charge in [-0.3, -0.25) is 0 Å². The van der Waals surface area contributed by atoms with Crippen LogP contribution in [0.2, 0.25) is 0 Å². The average Bonchev–Trinajstić information content (AvgIpc) is 3.11. The molecule has 0 N–H and O–H groups in total. The van der Waals surface area contributed by atoms with Gasteiger partial charge in [-0.25, -0.2) is 0 Å². The summed E-state index contributed by atoms with van der Waals surface area (Å²) >= 11 is 1.50. The van der Waals surface area contributed by atoms with Crippen LogP contribution < -0.4 is 4.74 Å². The van der Waals surface area contributed by atoms with Crippen LogP contribution in [0.1, 0.15) is 41.7 Å². The molecule has 128 valence electrons. The standard InChI is InChI=1S/C17H22N4O2S/c1-11(2)13-6-5-12(3)9-14(13)23-10-16-20-21-15(7-8-22-4)18-19-17(21)24-16/h5-6,9,11H,7-8,10H2,1-4H3. The third-order valence-corrected chi connectivity index (χ3v) is 4.64. The number of hydrogen-bond donors (Lipinski definition) is 0. The number of hydrogen-bond acceptors (Lipinski definition) is 6. The van der Waals surface area contributed by atoms with Crippen LogP contribution in [0.4, 0.5) is 0 Å². The van der Waals surface area contributed by atoms with Crippen molar-refractivity contribution in [1.29, 1.82) is 0 Å². The van der Waals surface area contributed by atoms with Crippen LogP contribution in [0.5, 0.6) is 5.75 Å². The van der Waals surface area contributed by atoms with Gasteiger partial charge in [-0.1, -0.05) is 37.3 Å². The van der Waals surface area contributed by atoms with Gasteiger partial charge in [0.05, 0.1) is 6.61 Å². The van der Waals surface area contributed by atoms with Crippen molar-refractivity contribution in [2.45, 2.75) is 39.7 Å². The van der Waals surface area contributed by atoms with E-state index in [2.05, 4.69) is 54.3 Å². The predicted octanol–water partition coefficient (Wildman–Crippen LogP) is 3.39. The molecule has 0 aliphatic rings. The molecule has 0 spiro atoms. The van der Waals surface area contributed by atoms with Gasteiger partial charge in [-0.2, -0.15) is 9.61 Å². The van der Waals surface area contributed by atoms with Gasteiger partial charge < -0.3 is 9.47 Å². The number of ether oxygens (including phenoxy) is 2. The summed E-state index contributed by atoms with van der Waals surface area (Å²) in [6.07, 6.45) is 0.692. The lowest BCUT2D eigenvalue weighted by molar-refractivity contribution is 0.200. The minimum Gasteiger partial charge on any atom is -0.486 e. The molecule has 0 aliphatic heterocycles. The highest BCUT2D eigenvalue weighted by molar-refractivity contribution is 7.16. The first kappa shape index (κ1) is 16.9. The number of fused-ring (bicyclic) bond motifs is 1. The van der Waals surface area contributed by atoms with E-state index in [1.807, 2.05) is 0 Å². The molecule has 6 nitrogen and oxygen atoms in total. The lowest BCUT2D eigenvalue weighted by atomic mass is 10.0. The van der Waals surface area contributed by atoms with Gasteiger partial charge >= 0.3 is 0 Å². The van der Waals surface area contributed by atoms with Crippen LogP contribution in [0.15, 0.2) is 18.2 Å². The summed E-state index contributed by atoms with van der Waals surface area (Å²) in [4.78, 5) is 0.785. The number of rotatable bonds is 7. The van der Waals surface area contributed by atoms with Gasteiger partial charge in [0.15, 0.2) is 10.8 Å². The fraction of sp³-hybridized carbons (Fsp3) is 0.471. The molecule has 0 atom stereocenters. The van der Waals surface area contributed by atoms with Crippen molar-refractivity contribution in [2.75, 3.05) is 13.7 Å². The minimum atomic E-state index is 0.416. The van der Waals surface area contributed by atoms with Gasteiger partial charge in [0.25, 0.3) is 0 Å². The zero-order valence-corrected chi connectivity index (χ0v) is 15.3. The van der Waals surface area contributed by atoms with E-state index < -0.39 is 0 Å². The Bertz CT molecular complexity index is 825. The summed E-state index contributed by atoms with van der Waals surface area (Å²) in [7, 11) is 1.67. The second kappa shape index (κ2) is 7.27. The number of aryl methyl sites for hydroxylation is 1. The largest absolute Gasteiger partial charge is 0.486 e. The van der Waals surface area contributed by atoms with Crippen LogP contribution >= 0.6 is 11.3 Å². The molecule has 3 aromatic rings. The van der Waals surface area contributed by atoms with Crippen molar-refractivity contribution in [2.24, 2.45) is 0 Å². The Kier molecular flexibility index (Phi) is 5.11. The lowest BCUT2D eigenvalue weighted by Crippen LogP contribution is -2.03. The van der Waals surface area contributed by atoms with E-state index in [4.69, 9.17) is 9.47 Å². The Morgan fingerprint density at radius 1 is 1.25 bits per heavy atom. The van der Waals surface area contributed by atoms with Gasteiger partial charge in [-0.05, 0) is 30.0 Å². The van der Waals surface area contributed by atoms with Crippen LogP contribution in [-0.2, 0) is 17.8 Å². The summed E-state index contributed by atoms with van der Waals surface area (Å²) in [5, 5.41) is 13.8. The molecule has 0 saturated carbocycles. The third kappa shape index (κ3) is 3.57. The average molecular weight is 346 g/mol. The van der Waals surface area contributed by atoms with Crippen molar-refractivity contribution in [1.82, 2.24) is 19.8 Å². The van der Waals surface area contributed by atoms with E-state index in [0.717, 1.165) is 21.5 Å². The number of aromatic nitrogens is 4. The zero-order chi connectivity index (χ0) is 17.1. The fourth-order valence-corrected chi connectivity index (χ4v) is 3.25. The van der Waals surface area contributed by atoms with E-state index in [0.29, 0.717) is 25.6 Å². The van der Waals surface area contributed by atoms with Gasteiger partial charge in [0.1, 0.15) is 12.4 Å². The quantitative estimate of drug-likeness (QED) is 0.656. The van der Waals surface area contributed by atoms with E-state index in [1.54, 1.807) is 11.6 Å². The zero-order valence-electron chi connectivity index (χ0n) is 14.4. The molecule has 0 amide bonds. The normalized spacial score (nSPS) is 11.5. The Hall–Kier alpha value is -1.99. The molecule has 1 aromatic carbocycles. The molecule has 0 saturated heterocycles. The minimum absolute atomic E-state index is 0.416. The Labute approximate surface area is 145 Å². The molecule has 0 fully saturated rings. The van der Waals surface area contributed by atoms with Crippen LogP contribution in [-0.4, -0.2) is 33.5 Å². The number of methoxy groups -OCH3 is 1. The molecule has 0 radical (unpaired) electrons. The first-order valence-electron chi connectivity index (χ1n) is 8.00. The first-order chi connectivity index (χ1) is 11.6. The van der Waals surface area contributed by atoms with Crippen molar-refractivity contribution < 1.29 is 9.47 Å². The van der Waals surface area contributed by atoms with E-state index in [-0.39, 0.29) is 0 Å². The summed E-state index contributed by atoms with van der Waals surface area (Å²) in [5.74, 6) is 2.16. The first-order valence-corrected chi connectivity index (χ1v) is 8.82. The molecular weight excluding hydrogens is 324 g/mol. The van der Waals surface area contributed by atoms with Crippen molar-refractivity contribution in [3.05, 3.63) is 40.2 Å². The molecule has 24 heavy (non-hydrogen) atoms. The van der Waals surface area contributed by atoms with E-state index in [1.165, 1.54) is 22.5 Å². The summed E-state index contributed by atoms with van der Waals surface area (Å²) < 4.78 is 12.9. The Morgan fingerprint density at radius 3 is 2.83 bits per heavy atom. The monoisotopic (exact) mass is 346 g/mol.